The second-order valence-electron chi connectivity index (χ2n) is 3.22. The van der Waals surface area contributed by atoms with Gasteiger partial charge in [-0.15, -0.1) is 11.3 Å². The zero-order valence-corrected chi connectivity index (χ0v) is 9.91. The number of aromatic amines is 2. The van der Waals surface area contributed by atoms with Crippen molar-refractivity contribution in [1.29, 1.82) is 0 Å². The summed E-state index contributed by atoms with van der Waals surface area (Å²) in [6, 6.07) is -0.133. The molecule has 0 radical (unpaired) electrons. The van der Waals surface area contributed by atoms with Crippen LogP contribution in [0.25, 0.3) is 0 Å². The lowest BCUT2D eigenvalue weighted by Crippen LogP contribution is -2.21. The molecule has 0 aliphatic carbocycles. The Labute approximate surface area is 94.8 Å². The van der Waals surface area contributed by atoms with Crippen LogP contribution in [0.1, 0.15) is 22.9 Å². The smallest absolute Gasteiger partial charge is 0.272 e. The minimum atomic E-state index is -0.236. The largest absolute Gasteiger partial charge is 0.343 e. The van der Waals surface area contributed by atoms with E-state index in [-0.39, 0.29) is 11.7 Å². The lowest BCUT2D eigenvalue weighted by atomic mass is 10.3. The van der Waals surface area contributed by atoms with E-state index >= 15 is 0 Å². The summed E-state index contributed by atoms with van der Waals surface area (Å²) in [7, 11) is 0. The highest BCUT2D eigenvalue weighted by atomic mass is 32.1. The molecular weight excluding hydrogens is 232 g/mol. The van der Waals surface area contributed by atoms with Gasteiger partial charge in [0, 0.05) is 11.1 Å². The van der Waals surface area contributed by atoms with Crippen LogP contribution in [0, 0.1) is 11.7 Å². The van der Waals surface area contributed by atoms with Crippen LogP contribution >= 0.6 is 23.6 Å². The van der Waals surface area contributed by atoms with Gasteiger partial charge in [0.15, 0.2) is 4.77 Å². The van der Waals surface area contributed by atoms with Crippen molar-refractivity contribution in [1.82, 2.24) is 19.7 Å². The summed E-state index contributed by atoms with van der Waals surface area (Å²) in [4.78, 5) is 16.8. The minimum absolute atomic E-state index is 0.133. The summed E-state index contributed by atoms with van der Waals surface area (Å²) in [5.74, 6) is 0. The molecule has 2 heterocycles. The van der Waals surface area contributed by atoms with Crippen molar-refractivity contribution in [3.05, 3.63) is 31.3 Å². The van der Waals surface area contributed by atoms with E-state index in [2.05, 4.69) is 15.2 Å². The first-order chi connectivity index (χ1) is 7.09. The van der Waals surface area contributed by atoms with E-state index in [0.717, 1.165) is 9.88 Å². The molecule has 2 N–H and O–H groups in total. The fourth-order valence-corrected chi connectivity index (χ4v) is 2.46. The van der Waals surface area contributed by atoms with Gasteiger partial charge in [-0.1, -0.05) is 0 Å². The Morgan fingerprint density at radius 3 is 2.80 bits per heavy atom. The fourth-order valence-electron chi connectivity index (χ4n) is 1.35. The molecule has 1 atom stereocenters. The third-order valence-corrected chi connectivity index (χ3v) is 3.48. The Bertz CT molecular complexity index is 548. The van der Waals surface area contributed by atoms with Crippen molar-refractivity contribution in [3.63, 3.8) is 0 Å². The highest BCUT2D eigenvalue weighted by Crippen LogP contribution is 2.21. The summed E-state index contributed by atoms with van der Waals surface area (Å²) < 4.78 is 1.87. The Morgan fingerprint density at radius 2 is 2.33 bits per heavy atom. The molecule has 0 bridgehead atoms. The summed E-state index contributed by atoms with van der Waals surface area (Å²) in [5, 5.41) is 5.94. The lowest BCUT2D eigenvalue weighted by molar-refractivity contribution is 0.605. The first kappa shape index (κ1) is 10.3. The number of H-pyrrole nitrogens is 2. The molecule has 2 rings (SSSR count). The molecule has 1 unspecified atom stereocenters. The Kier molecular flexibility index (Phi) is 2.57. The van der Waals surface area contributed by atoms with E-state index < -0.39 is 0 Å². The van der Waals surface area contributed by atoms with Crippen molar-refractivity contribution in [2.75, 3.05) is 0 Å². The van der Waals surface area contributed by atoms with E-state index in [4.69, 9.17) is 12.2 Å². The molecule has 0 aromatic carbocycles. The van der Waals surface area contributed by atoms with Gasteiger partial charge >= 0.3 is 5.69 Å². The lowest BCUT2D eigenvalue weighted by Gasteiger charge is -2.07. The molecule has 5 nitrogen and oxygen atoms in total. The second kappa shape index (κ2) is 3.74. The van der Waals surface area contributed by atoms with Crippen LogP contribution in [0.5, 0.6) is 0 Å². The number of nitrogens with one attached hydrogen (secondary N) is 2. The first-order valence-electron chi connectivity index (χ1n) is 4.41. The number of aromatic nitrogens is 4. The van der Waals surface area contributed by atoms with Crippen LogP contribution in [-0.4, -0.2) is 19.7 Å². The second-order valence-corrected chi connectivity index (χ2v) is 4.87. The molecule has 2 aromatic heterocycles. The maximum Gasteiger partial charge on any atom is 0.343 e. The third kappa shape index (κ3) is 1.80. The first-order valence-corrected chi connectivity index (χ1v) is 5.63. The van der Waals surface area contributed by atoms with Crippen LogP contribution in [0.3, 0.4) is 0 Å². The maximum absolute atomic E-state index is 11.4. The zero-order valence-electron chi connectivity index (χ0n) is 8.27. The average molecular weight is 242 g/mol. The minimum Gasteiger partial charge on any atom is -0.272 e. The maximum atomic E-state index is 11.4. The summed E-state index contributed by atoms with van der Waals surface area (Å²) in [6.45, 7) is 3.88. The van der Waals surface area contributed by atoms with Crippen molar-refractivity contribution in [2.24, 2.45) is 0 Å². The fraction of sp³-hybridized carbons (Fsp3) is 0.375. The van der Waals surface area contributed by atoms with E-state index in [1.807, 2.05) is 13.8 Å². The summed E-state index contributed by atoms with van der Waals surface area (Å²) in [5.41, 5.74) is -0.236. The molecule has 80 valence electrons. The molecule has 15 heavy (non-hydrogen) atoms. The normalized spacial score (nSPS) is 12.9. The third-order valence-electron chi connectivity index (χ3n) is 2.10. The van der Waals surface area contributed by atoms with Crippen molar-refractivity contribution < 1.29 is 0 Å². The SMILES string of the molecule is Cc1cnc(C(C)n2c(=O)[nH][nH]c2=S)s1. The summed E-state index contributed by atoms with van der Waals surface area (Å²) in [6.07, 6.45) is 1.79. The Hall–Kier alpha value is -1.21. The topological polar surface area (TPSA) is 66.5 Å². The molecule has 0 aliphatic rings. The molecule has 0 amide bonds. The molecule has 0 fully saturated rings. The van der Waals surface area contributed by atoms with Gasteiger partial charge in [-0.05, 0) is 26.1 Å². The standard InChI is InChI=1S/C8H10N4OS2/c1-4-3-9-6(15-4)5(2)12-7(13)10-11-8(12)14/h3,5H,1-2H3,(H,10,13)(H,11,14). The zero-order chi connectivity index (χ0) is 11.0. The van der Waals surface area contributed by atoms with E-state index in [1.165, 1.54) is 4.57 Å². The van der Waals surface area contributed by atoms with Gasteiger partial charge in [-0.2, -0.15) is 0 Å². The van der Waals surface area contributed by atoms with Crippen LogP contribution in [0.4, 0.5) is 0 Å². The Morgan fingerprint density at radius 1 is 1.60 bits per heavy atom. The predicted octanol–water partition coefficient (Wildman–Crippen LogP) is 1.61. The van der Waals surface area contributed by atoms with Crippen LogP contribution in [0.2, 0.25) is 0 Å². The van der Waals surface area contributed by atoms with E-state index in [9.17, 15) is 4.79 Å². The van der Waals surface area contributed by atoms with E-state index in [0.29, 0.717) is 4.77 Å². The molecule has 2 aromatic rings. The number of nitrogens with zero attached hydrogens (tertiary/aromatic N) is 2. The molecule has 0 saturated heterocycles. The van der Waals surface area contributed by atoms with Crippen molar-refractivity contribution in [3.8, 4) is 0 Å². The quantitative estimate of drug-likeness (QED) is 0.786. The Balaban J connectivity index is 2.49. The van der Waals surface area contributed by atoms with Crippen molar-refractivity contribution >= 4 is 23.6 Å². The van der Waals surface area contributed by atoms with Gasteiger partial charge in [0.2, 0.25) is 0 Å². The predicted molar refractivity (Wildman–Crippen MR) is 60.9 cm³/mol. The molecule has 0 saturated carbocycles. The number of hydrogen-bond donors (Lipinski definition) is 2. The average Bonchev–Trinajstić information content (AvgIpc) is 2.73. The molecule has 7 heteroatoms. The van der Waals surface area contributed by atoms with E-state index in [1.54, 1.807) is 17.5 Å². The molecule has 0 aliphatic heterocycles. The highest BCUT2D eigenvalue weighted by Gasteiger charge is 2.14. The highest BCUT2D eigenvalue weighted by molar-refractivity contribution is 7.71. The van der Waals surface area contributed by atoms with Gasteiger partial charge < -0.3 is 0 Å². The number of rotatable bonds is 2. The van der Waals surface area contributed by atoms with Crippen LogP contribution in [0.15, 0.2) is 11.0 Å². The summed E-state index contributed by atoms with van der Waals surface area (Å²) >= 11 is 6.58. The van der Waals surface area contributed by atoms with Gasteiger partial charge in [0.1, 0.15) is 5.01 Å². The number of aryl methyl sites for hydroxylation is 1. The van der Waals surface area contributed by atoms with Crippen LogP contribution < -0.4 is 5.69 Å². The van der Waals surface area contributed by atoms with Crippen molar-refractivity contribution in [2.45, 2.75) is 19.9 Å². The number of hydrogen-bond acceptors (Lipinski definition) is 4. The molecular formula is C8H10N4OS2. The van der Waals surface area contributed by atoms with Gasteiger partial charge in [-0.3, -0.25) is 9.67 Å². The van der Waals surface area contributed by atoms with Crippen LogP contribution in [-0.2, 0) is 0 Å². The monoisotopic (exact) mass is 242 g/mol. The van der Waals surface area contributed by atoms with Gasteiger partial charge in [0.05, 0.1) is 6.04 Å². The van der Waals surface area contributed by atoms with Gasteiger partial charge in [-0.25, -0.2) is 14.9 Å². The van der Waals surface area contributed by atoms with Gasteiger partial charge in [0.25, 0.3) is 0 Å². The molecule has 0 spiro atoms. The number of thiazole rings is 1.